The molecule has 1 aromatic rings. The van der Waals surface area contributed by atoms with Crippen molar-refractivity contribution < 1.29 is 33.0 Å². The third-order valence-electron chi connectivity index (χ3n) is 2.39. The first-order valence-corrected chi connectivity index (χ1v) is 5.48. The lowest BCUT2D eigenvalue weighted by Gasteiger charge is -2.18. The number of benzene rings is 1. The molecule has 1 unspecified atom stereocenters. The zero-order valence-corrected chi connectivity index (χ0v) is 10.7. The smallest absolute Gasteiger partial charge is 0.417 e. The van der Waals surface area contributed by atoms with Gasteiger partial charge in [0, 0.05) is 5.69 Å². The van der Waals surface area contributed by atoms with E-state index in [1.807, 2.05) is 5.32 Å². The molecule has 0 heterocycles. The van der Waals surface area contributed by atoms with Crippen molar-refractivity contribution in [2.75, 3.05) is 5.32 Å². The van der Waals surface area contributed by atoms with E-state index in [9.17, 15) is 27.9 Å². The monoisotopic (exact) mass is 311 g/mol. The van der Waals surface area contributed by atoms with Crippen molar-refractivity contribution in [3.05, 3.63) is 28.8 Å². The zero-order valence-electron chi connectivity index (χ0n) is 9.95. The maximum atomic E-state index is 12.6. The number of alkyl halides is 3. The van der Waals surface area contributed by atoms with Gasteiger partial charge >= 0.3 is 12.1 Å². The average Bonchev–Trinajstić information content (AvgIpc) is 2.29. The van der Waals surface area contributed by atoms with Crippen molar-refractivity contribution in [1.82, 2.24) is 0 Å². The molecule has 0 aliphatic carbocycles. The fourth-order valence-electron chi connectivity index (χ4n) is 1.17. The Hall–Kier alpha value is -1.80. The third kappa shape index (κ3) is 3.40. The van der Waals surface area contributed by atoms with Gasteiger partial charge in [-0.05, 0) is 25.1 Å². The van der Waals surface area contributed by atoms with Crippen molar-refractivity contribution in [2.24, 2.45) is 0 Å². The van der Waals surface area contributed by atoms with Crippen LogP contribution in [0.1, 0.15) is 12.5 Å². The molecule has 0 saturated carbocycles. The Kier molecular flexibility index (Phi) is 4.30. The van der Waals surface area contributed by atoms with Crippen LogP contribution in [0.15, 0.2) is 18.2 Å². The van der Waals surface area contributed by atoms with Gasteiger partial charge in [0.15, 0.2) is 0 Å². The van der Waals surface area contributed by atoms with Crippen LogP contribution in [0.3, 0.4) is 0 Å². The fraction of sp³-hybridized carbons (Fsp3) is 0.273. The van der Waals surface area contributed by atoms with Gasteiger partial charge in [0.05, 0.1) is 10.6 Å². The molecule has 0 bridgehead atoms. The van der Waals surface area contributed by atoms with Crippen LogP contribution in [-0.4, -0.2) is 27.7 Å². The standard InChI is InChI=1S/C11H9ClF3NO4/c1-10(20,9(18)19)8(17)16-5-2-3-7(12)6(4-5)11(13,14)15/h2-4,20H,1H3,(H,16,17)(H,18,19). The summed E-state index contributed by atoms with van der Waals surface area (Å²) < 4.78 is 37.8. The van der Waals surface area contributed by atoms with Gasteiger partial charge in [0.25, 0.3) is 5.91 Å². The lowest BCUT2D eigenvalue weighted by molar-refractivity contribution is -0.161. The normalized spacial score (nSPS) is 14.5. The summed E-state index contributed by atoms with van der Waals surface area (Å²) in [6, 6.07) is 2.49. The van der Waals surface area contributed by atoms with Crippen LogP contribution < -0.4 is 5.32 Å². The summed E-state index contributed by atoms with van der Waals surface area (Å²) >= 11 is 5.38. The van der Waals surface area contributed by atoms with Crippen molar-refractivity contribution in [3.63, 3.8) is 0 Å². The number of carboxylic acid groups (broad SMARTS) is 1. The number of rotatable bonds is 3. The van der Waals surface area contributed by atoms with Crippen LogP contribution in [-0.2, 0) is 15.8 Å². The topological polar surface area (TPSA) is 86.6 Å². The molecule has 0 spiro atoms. The molecule has 0 radical (unpaired) electrons. The summed E-state index contributed by atoms with van der Waals surface area (Å²) in [6.45, 7) is 0.700. The van der Waals surface area contributed by atoms with Crippen LogP contribution in [0.5, 0.6) is 0 Å². The Bertz CT molecular complexity index is 557. The molecular weight excluding hydrogens is 303 g/mol. The predicted molar refractivity (Wildman–Crippen MR) is 63.3 cm³/mol. The van der Waals surface area contributed by atoms with Gasteiger partial charge in [0.1, 0.15) is 0 Å². The van der Waals surface area contributed by atoms with Crippen LogP contribution in [0.25, 0.3) is 0 Å². The van der Waals surface area contributed by atoms with E-state index < -0.39 is 34.2 Å². The summed E-state index contributed by atoms with van der Waals surface area (Å²) in [5.74, 6) is -3.21. The highest BCUT2D eigenvalue weighted by atomic mass is 35.5. The lowest BCUT2D eigenvalue weighted by Crippen LogP contribution is -2.47. The molecule has 1 rings (SSSR count). The van der Waals surface area contributed by atoms with Gasteiger partial charge in [-0.25, -0.2) is 4.79 Å². The van der Waals surface area contributed by atoms with E-state index in [0.29, 0.717) is 13.0 Å². The average molecular weight is 312 g/mol. The highest BCUT2D eigenvalue weighted by Gasteiger charge is 2.39. The van der Waals surface area contributed by atoms with Crippen molar-refractivity contribution in [3.8, 4) is 0 Å². The summed E-state index contributed by atoms with van der Waals surface area (Å²) in [5.41, 5.74) is -4.29. The molecule has 3 N–H and O–H groups in total. The summed E-state index contributed by atoms with van der Waals surface area (Å²) in [5, 5.41) is 19.3. The quantitative estimate of drug-likeness (QED) is 0.746. The number of aliphatic hydroxyl groups is 1. The van der Waals surface area contributed by atoms with E-state index >= 15 is 0 Å². The Morgan fingerprint density at radius 2 is 1.85 bits per heavy atom. The number of anilines is 1. The molecule has 110 valence electrons. The highest BCUT2D eigenvalue weighted by molar-refractivity contribution is 6.31. The predicted octanol–water partition coefficient (Wildman–Crippen LogP) is 2.13. The Morgan fingerprint density at radius 3 is 2.30 bits per heavy atom. The minimum Gasteiger partial charge on any atom is -0.479 e. The van der Waals surface area contributed by atoms with E-state index in [1.54, 1.807) is 0 Å². The number of carbonyl (C=O) groups excluding carboxylic acids is 1. The second-order valence-electron chi connectivity index (χ2n) is 4.02. The van der Waals surface area contributed by atoms with Crippen LogP contribution >= 0.6 is 11.6 Å². The van der Waals surface area contributed by atoms with E-state index in [4.69, 9.17) is 16.7 Å². The van der Waals surface area contributed by atoms with Crippen LogP contribution in [0.4, 0.5) is 18.9 Å². The van der Waals surface area contributed by atoms with Gasteiger partial charge < -0.3 is 15.5 Å². The molecular formula is C11H9ClF3NO4. The van der Waals surface area contributed by atoms with Crippen molar-refractivity contribution in [1.29, 1.82) is 0 Å². The van der Waals surface area contributed by atoms with E-state index in [0.717, 1.165) is 12.1 Å². The molecule has 5 nitrogen and oxygen atoms in total. The minimum absolute atomic E-state index is 0.340. The fourth-order valence-corrected chi connectivity index (χ4v) is 1.39. The van der Waals surface area contributed by atoms with Gasteiger partial charge in [-0.1, -0.05) is 11.6 Å². The lowest BCUT2D eigenvalue weighted by atomic mass is 10.1. The molecule has 9 heteroatoms. The van der Waals surface area contributed by atoms with Crippen LogP contribution in [0, 0.1) is 0 Å². The number of carboxylic acids is 1. The molecule has 0 aliphatic rings. The second-order valence-corrected chi connectivity index (χ2v) is 4.43. The maximum Gasteiger partial charge on any atom is 0.417 e. The Morgan fingerprint density at radius 1 is 1.30 bits per heavy atom. The number of hydrogen-bond acceptors (Lipinski definition) is 3. The number of amides is 1. The maximum absolute atomic E-state index is 12.6. The van der Waals surface area contributed by atoms with Gasteiger partial charge in [-0.3, -0.25) is 4.79 Å². The highest BCUT2D eigenvalue weighted by Crippen LogP contribution is 2.36. The summed E-state index contributed by atoms with van der Waals surface area (Å²) in [4.78, 5) is 22.1. The molecule has 20 heavy (non-hydrogen) atoms. The number of halogens is 4. The number of carbonyl (C=O) groups is 2. The first-order valence-electron chi connectivity index (χ1n) is 5.10. The molecule has 1 atom stereocenters. The van der Waals surface area contributed by atoms with Crippen LogP contribution in [0.2, 0.25) is 5.02 Å². The summed E-state index contributed by atoms with van der Waals surface area (Å²) in [6.07, 6.45) is -4.73. The molecule has 0 fully saturated rings. The number of nitrogens with one attached hydrogen (secondary N) is 1. The molecule has 1 amide bonds. The number of hydrogen-bond donors (Lipinski definition) is 3. The van der Waals surface area contributed by atoms with Gasteiger partial charge in [-0.2, -0.15) is 13.2 Å². The van der Waals surface area contributed by atoms with Gasteiger partial charge in [0.2, 0.25) is 5.60 Å². The largest absolute Gasteiger partial charge is 0.479 e. The molecule has 0 aliphatic heterocycles. The van der Waals surface area contributed by atoms with E-state index in [1.165, 1.54) is 0 Å². The third-order valence-corrected chi connectivity index (χ3v) is 2.72. The molecule has 0 aromatic heterocycles. The SMILES string of the molecule is CC(O)(C(=O)O)C(=O)Nc1ccc(Cl)c(C(F)(F)F)c1. The van der Waals surface area contributed by atoms with E-state index in [2.05, 4.69) is 0 Å². The van der Waals surface area contributed by atoms with Crippen molar-refractivity contribution in [2.45, 2.75) is 18.7 Å². The Labute approximate surface area is 116 Å². The second kappa shape index (κ2) is 5.29. The minimum atomic E-state index is -4.73. The van der Waals surface area contributed by atoms with E-state index in [-0.39, 0.29) is 5.69 Å². The first-order chi connectivity index (χ1) is 8.96. The van der Waals surface area contributed by atoms with Gasteiger partial charge in [-0.15, -0.1) is 0 Å². The number of aliphatic carboxylic acids is 1. The molecule has 1 aromatic carbocycles. The zero-order chi connectivity index (χ0) is 15.7. The molecule has 0 saturated heterocycles. The van der Waals surface area contributed by atoms with Crippen molar-refractivity contribution >= 4 is 29.2 Å². The Balaban J connectivity index is 3.07. The first kappa shape index (κ1) is 16.3. The summed E-state index contributed by atoms with van der Waals surface area (Å²) in [7, 11) is 0.